The lowest BCUT2D eigenvalue weighted by Crippen LogP contribution is -2.44. The van der Waals surface area contributed by atoms with Crippen LogP contribution < -0.4 is 9.47 Å². The van der Waals surface area contributed by atoms with Crippen LogP contribution in [0.3, 0.4) is 0 Å². The number of aliphatic hydroxyl groups excluding tert-OH is 1. The van der Waals surface area contributed by atoms with Crippen LogP contribution in [0.2, 0.25) is 0 Å². The molecule has 0 amide bonds. The number of likely N-dealkylation sites (N-methyl/N-ethyl adjacent to an activating group) is 1. The largest absolute Gasteiger partial charge is 0.486 e. The van der Waals surface area contributed by atoms with Crippen LogP contribution >= 0.6 is 0 Å². The summed E-state index contributed by atoms with van der Waals surface area (Å²) in [6, 6.07) is 3.99. The minimum absolute atomic E-state index is 0.00624. The van der Waals surface area contributed by atoms with E-state index >= 15 is 0 Å². The van der Waals surface area contributed by atoms with Crippen molar-refractivity contribution in [3.63, 3.8) is 0 Å². The van der Waals surface area contributed by atoms with Gasteiger partial charge in [-0.3, -0.25) is 9.88 Å². The van der Waals surface area contributed by atoms with Gasteiger partial charge in [0.15, 0.2) is 11.5 Å². The zero-order valence-electron chi connectivity index (χ0n) is 14.9. The zero-order valence-corrected chi connectivity index (χ0v) is 14.9. The SMILES string of the molecule is Cc1nc2cc3c(cc2c(CN2CCN(C)CC2)c1CO)OCCO3. The predicted octanol–water partition coefficient (Wildman–Crippen LogP) is 1.55. The van der Waals surface area contributed by atoms with Crippen LogP contribution in [0.4, 0.5) is 0 Å². The van der Waals surface area contributed by atoms with Crippen molar-refractivity contribution in [2.24, 2.45) is 0 Å². The van der Waals surface area contributed by atoms with E-state index in [-0.39, 0.29) is 6.61 Å². The van der Waals surface area contributed by atoms with Crippen LogP contribution in [0.5, 0.6) is 11.5 Å². The fraction of sp³-hybridized carbons (Fsp3) is 0.526. The summed E-state index contributed by atoms with van der Waals surface area (Å²) in [5.74, 6) is 1.53. The van der Waals surface area contributed by atoms with Gasteiger partial charge >= 0.3 is 0 Å². The quantitative estimate of drug-likeness (QED) is 0.913. The molecule has 1 aromatic heterocycles. The molecule has 1 N–H and O–H groups in total. The summed E-state index contributed by atoms with van der Waals surface area (Å²) in [5.41, 5.74) is 3.88. The molecule has 6 heteroatoms. The van der Waals surface area contributed by atoms with Gasteiger partial charge in [0.1, 0.15) is 13.2 Å². The normalized spacial score (nSPS) is 18.7. The summed E-state index contributed by atoms with van der Waals surface area (Å²) >= 11 is 0. The fourth-order valence-corrected chi connectivity index (χ4v) is 3.66. The van der Waals surface area contributed by atoms with Crippen molar-refractivity contribution in [2.45, 2.75) is 20.1 Å². The molecule has 0 unspecified atom stereocenters. The van der Waals surface area contributed by atoms with Crippen LogP contribution in [0.15, 0.2) is 12.1 Å². The molecule has 2 aliphatic rings. The monoisotopic (exact) mass is 343 g/mol. The molecule has 6 nitrogen and oxygen atoms in total. The number of nitrogens with zero attached hydrogens (tertiary/aromatic N) is 3. The summed E-state index contributed by atoms with van der Waals surface area (Å²) in [4.78, 5) is 9.49. The number of pyridine rings is 1. The molecule has 4 rings (SSSR count). The van der Waals surface area contributed by atoms with E-state index in [2.05, 4.69) is 16.8 Å². The van der Waals surface area contributed by atoms with Gasteiger partial charge in [0.25, 0.3) is 0 Å². The first-order valence-electron chi connectivity index (χ1n) is 8.89. The molecular weight excluding hydrogens is 318 g/mol. The molecule has 0 atom stereocenters. The summed E-state index contributed by atoms with van der Waals surface area (Å²) in [7, 11) is 2.16. The summed E-state index contributed by atoms with van der Waals surface area (Å²) in [5, 5.41) is 11.0. The van der Waals surface area contributed by atoms with E-state index in [1.54, 1.807) is 0 Å². The van der Waals surface area contributed by atoms with Crippen LogP contribution in [-0.4, -0.2) is 66.3 Å². The second-order valence-electron chi connectivity index (χ2n) is 6.90. The van der Waals surface area contributed by atoms with Crippen molar-refractivity contribution in [2.75, 3.05) is 46.4 Å². The number of aromatic nitrogens is 1. The van der Waals surface area contributed by atoms with Gasteiger partial charge in [-0.1, -0.05) is 0 Å². The first-order valence-corrected chi connectivity index (χ1v) is 8.89. The molecule has 0 bridgehead atoms. The first kappa shape index (κ1) is 16.6. The van der Waals surface area contributed by atoms with Crippen LogP contribution in [0, 0.1) is 6.92 Å². The second-order valence-corrected chi connectivity index (χ2v) is 6.90. The van der Waals surface area contributed by atoms with Crippen LogP contribution in [0.25, 0.3) is 10.9 Å². The van der Waals surface area contributed by atoms with E-state index in [0.29, 0.717) is 13.2 Å². The van der Waals surface area contributed by atoms with Gasteiger partial charge in [0, 0.05) is 55.4 Å². The number of ether oxygens (including phenoxy) is 2. The number of fused-ring (bicyclic) bond motifs is 2. The Morgan fingerprint density at radius 3 is 2.40 bits per heavy atom. The first-order chi connectivity index (χ1) is 12.2. The lowest BCUT2D eigenvalue weighted by Gasteiger charge is -2.33. The molecule has 0 radical (unpaired) electrons. The summed E-state index contributed by atoms with van der Waals surface area (Å²) < 4.78 is 11.5. The minimum atomic E-state index is 0.00624. The van der Waals surface area contributed by atoms with Crippen molar-refractivity contribution >= 4 is 10.9 Å². The molecule has 2 aliphatic heterocycles. The number of piperazine rings is 1. The Hall–Kier alpha value is -1.89. The molecule has 134 valence electrons. The van der Waals surface area contributed by atoms with E-state index in [1.807, 2.05) is 19.1 Å². The van der Waals surface area contributed by atoms with Gasteiger partial charge in [-0.25, -0.2) is 0 Å². The van der Waals surface area contributed by atoms with E-state index in [9.17, 15) is 5.11 Å². The maximum Gasteiger partial charge on any atom is 0.163 e. The average molecular weight is 343 g/mol. The molecule has 1 saturated heterocycles. The van der Waals surface area contributed by atoms with Gasteiger partial charge in [-0.15, -0.1) is 0 Å². The molecule has 3 heterocycles. The van der Waals surface area contributed by atoms with Crippen molar-refractivity contribution in [1.82, 2.24) is 14.8 Å². The summed E-state index contributed by atoms with van der Waals surface area (Å²) in [6.07, 6.45) is 0. The molecular formula is C19H25N3O3. The van der Waals surface area contributed by atoms with Crippen molar-refractivity contribution in [3.05, 3.63) is 29.0 Å². The van der Waals surface area contributed by atoms with Gasteiger partial charge in [0.05, 0.1) is 12.1 Å². The number of hydrogen-bond acceptors (Lipinski definition) is 6. The Morgan fingerprint density at radius 1 is 1.04 bits per heavy atom. The Kier molecular flexibility index (Phi) is 4.50. The molecule has 1 fully saturated rings. The van der Waals surface area contributed by atoms with E-state index < -0.39 is 0 Å². The lowest BCUT2D eigenvalue weighted by atomic mass is 9.99. The summed E-state index contributed by atoms with van der Waals surface area (Å²) in [6.45, 7) is 8.15. The van der Waals surface area contributed by atoms with Crippen LogP contribution in [0.1, 0.15) is 16.8 Å². The zero-order chi connectivity index (χ0) is 17.4. The number of aryl methyl sites for hydroxylation is 1. The topological polar surface area (TPSA) is 58.1 Å². The molecule has 25 heavy (non-hydrogen) atoms. The fourth-order valence-electron chi connectivity index (χ4n) is 3.66. The Bertz CT molecular complexity index is 785. The predicted molar refractivity (Wildman–Crippen MR) is 96.2 cm³/mol. The molecule has 0 aliphatic carbocycles. The highest BCUT2D eigenvalue weighted by molar-refractivity contribution is 5.87. The number of hydrogen-bond donors (Lipinski definition) is 1. The molecule has 0 spiro atoms. The van der Waals surface area contributed by atoms with Gasteiger partial charge < -0.3 is 19.5 Å². The standard InChI is InChI=1S/C19H25N3O3/c1-13-16(12-23)15(11-22-5-3-21(2)4-6-22)14-9-18-19(10-17(14)20-13)25-8-7-24-18/h9-10,23H,3-8,11-12H2,1-2H3. The highest BCUT2D eigenvalue weighted by Gasteiger charge is 2.21. The van der Waals surface area contributed by atoms with Crippen molar-refractivity contribution in [1.29, 1.82) is 0 Å². The third-order valence-electron chi connectivity index (χ3n) is 5.21. The smallest absolute Gasteiger partial charge is 0.163 e. The molecule has 1 aromatic carbocycles. The van der Waals surface area contributed by atoms with Crippen molar-refractivity contribution < 1.29 is 14.6 Å². The third-order valence-corrected chi connectivity index (χ3v) is 5.21. The number of rotatable bonds is 3. The minimum Gasteiger partial charge on any atom is -0.486 e. The van der Waals surface area contributed by atoms with E-state index in [1.165, 1.54) is 0 Å². The van der Waals surface area contributed by atoms with Crippen LogP contribution in [-0.2, 0) is 13.2 Å². The Balaban J connectivity index is 1.78. The second kappa shape index (κ2) is 6.78. The van der Waals surface area contributed by atoms with Gasteiger partial charge in [0.2, 0.25) is 0 Å². The van der Waals surface area contributed by atoms with Crippen molar-refractivity contribution in [3.8, 4) is 11.5 Å². The van der Waals surface area contributed by atoms with E-state index in [4.69, 9.17) is 14.5 Å². The highest BCUT2D eigenvalue weighted by Crippen LogP contribution is 2.37. The maximum absolute atomic E-state index is 9.95. The van der Waals surface area contributed by atoms with Gasteiger partial charge in [-0.05, 0) is 25.6 Å². The van der Waals surface area contributed by atoms with E-state index in [0.717, 1.165) is 71.9 Å². The molecule has 2 aromatic rings. The Labute approximate surface area is 148 Å². The third kappa shape index (κ3) is 3.17. The van der Waals surface area contributed by atoms with Gasteiger partial charge in [-0.2, -0.15) is 0 Å². The maximum atomic E-state index is 9.95. The highest BCUT2D eigenvalue weighted by atomic mass is 16.6. The number of aliphatic hydroxyl groups is 1. The number of benzene rings is 1. The lowest BCUT2D eigenvalue weighted by molar-refractivity contribution is 0.147. The Morgan fingerprint density at radius 2 is 1.72 bits per heavy atom. The average Bonchev–Trinajstić information content (AvgIpc) is 2.62. The molecule has 0 saturated carbocycles.